The summed E-state index contributed by atoms with van der Waals surface area (Å²) in [4.78, 5) is 4.28. The molecule has 2 saturated heterocycles. The molecule has 3 rings (SSSR count). The van der Waals surface area contributed by atoms with Crippen LogP contribution in [-0.4, -0.2) is 63.3 Å². The van der Waals surface area contributed by atoms with Gasteiger partial charge in [0.1, 0.15) is 4.99 Å². The van der Waals surface area contributed by atoms with Crippen molar-refractivity contribution < 1.29 is 17.7 Å². The zero-order valence-corrected chi connectivity index (χ0v) is 16.3. The summed E-state index contributed by atoms with van der Waals surface area (Å²) >= 11 is 0. The van der Waals surface area contributed by atoms with E-state index in [0.29, 0.717) is 18.1 Å². The first-order chi connectivity index (χ1) is 11.6. The fraction of sp³-hybridized carbons (Fsp3) is 0.588. The first-order valence-corrected chi connectivity index (χ1v) is 9.55. The van der Waals surface area contributed by atoms with Crippen LogP contribution >= 0.6 is 0 Å². The molecule has 1 aromatic carbocycles. The van der Waals surface area contributed by atoms with Gasteiger partial charge in [0, 0.05) is 18.8 Å². The summed E-state index contributed by atoms with van der Waals surface area (Å²) in [6.45, 7) is 9.99. The van der Waals surface area contributed by atoms with Crippen molar-refractivity contribution >= 4 is 33.6 Å². The maximum atomic E-state index is 11.4. The summed E-state index contributed by atoms with van der Waals surface area (Å²) in [5, 5.41) is 0. The highest BCUT2D eigenvalue weighted by atomic mass is 32.2. The second kappa shape index (κ2) is 6.43. The number of anilines is 1. The van der Waals surface area contributed by atoms with Crippen LogP contribution in [0.25, 0.3) is 0 Å². The van der Waals surface area contributed by atoms with Crippen molar-refractivity contribution in [3.05, 3.63) is 24.3 Å². The molecule has 0 amide bonds. The molecule has 2 heterocycles. The minimum Gasteiger partial charge on any atom is -0.399 e. The summed E-state index contributed by atoms with van der Waals surface area (Å²) in [5.41, 5.74) is 1.23. The van der Waals surface area contributed by atoms with Gasteiger partial charge in [-0.15, -0.1) is 0 Å². The highest BCUT2D eigenvalue weighted by Crippen LogP contribution is 2.36. The third-order valence-electron chi connectivity index (χ3n) is 5.43. The molecule has 0 bridgehead atoms. The van der Waals surface area contributed by atoms with Gasteiger partial charge >= 0.3 is 7.12 Å². The Morgan fingerprint density at radius 1 is 1.00 bits per heavy atom. The molecule has 0 aliphatic carbocycles. The number of benzene rings is 1. The van der Waals surface area contributed by atoms with Crippen molar-refractivity contribution in [2.45, 2.75) is 38.9 Å². The second-order valence-electron chi connectivity index (χ2n) is 7.65. The lowest BCUT2D eigenvalue weighted by atomic mass is 9.79. The highest BCUT2D eigenvalue weighted by molar-refractivity contribution is 7.72. The van der Waals surface area contributed by atoms with Crippen molar-refractivity contribution in [1.29, 1.82) is 0 Å². The minimum absolute atomic E-state index is 0.365. The maximum Gasteiger partial charge on any atom is 0.494 e. The zero-order chi connectivity index (χ0) is 18.4. The van der Waals surface area contributed by atoms with E-state index in [2.05, 4.69) is 4.90 Å². The molecule has 0 atom stereocenters. The van der Waals surface area contributed by atoms with E-state index in [1.165, 1.54) is 0 Å². The lowest BCUT2D eigenvalue weighted by molar-refractivity contribution is 0.00578. The Labute approximate surface area is 151 Å². The average Bonchev–Trinajstić information content (AvgIpc) is 2.76. The number of hydrogen-bond acceptors (Lipinski definition) is 5. The molecule has 136 valence electrons. The van der Waals surface area contributed by atoms with Gasteiger partial charge in [0.2, 0.25) is 10.3 Å². The van der Waals surface area contributed by atoms with Crippen LogP contribution in [0, 0.1) is 0 Å². The molecule has 0 aromatic heterocycles. The van der Waals surface area contributed by atoms with Gasteiger partial charge in [-0.2, -0.15) is 8.42 Å². The Morgan fingerprint density at radius 2 is 1.56 bits per heavy atom. The molecule has 2 fully saturated rings. The van der Waals surface area contributed by atoms with Crippen molar-refractivity contribution in [1.82, 2.24) is 4.90 Å². The average molecular weight is 364 g/mol. The Hall–Kier alpha value is -1.35. The van der Waals surface area contributed by atoms with Gasteiger partial charge in [-0.05, 0) is 52.3 Å². The molecular weight excluding hydrogens is 339 g/mol. The Morgan fingerprint density at radius 3 is 2.08 bits per heavy atom. The predicted molar refractivity (Wildman–Crippen MR) is 101 cm³/mol. The van der Waals surface area contributed by atoms with Crippen molar-refractivity contribution in [3.8, 4) is 0 Å². The summed E-state index contributed by atoms with van der Waals surface area (Å²) < 4.78 is 34.8. The Bertz CT molecular complexity index is 765. The van der Waals surface area contributed by atoms with E-state index >= 15 is 0 Å². The van der Waals surface area contributed by atoms with E-state index in [1.54, 1.807) is 4.90 Å². The summed E-state index contributed by atoms with van der Waals surface area (Å²) in [6, 6.07) is 7.97. The monoisotopic (exact) mass is 364 g/mol. The fourth-order valence-electron chi connectivity index (χ4n) is 2.98. The van der Waals surface area contributed by atoms with Crippen LogP contribution in [0.3, 0.4) is 0 Å². The van der Waals surface area contributed by atoms with E-state index in [4.69, 9.17) is 9.31 Å². The van der Waals surface area contributed by atoms with Gasteiger partial charge in [-0.1, -0.05) is 12.1 Å². The highest BCUT2D eigenvalue weighted by Gasteiger charge is 2.51. The number of likely N-dealkylation sites (N-methyl/N-ethyl adjacent to an activating group) is 1. The molecule has 2 aliphatic heterocycles. The van der Waals surface area contributed by atoms with E-state index in [1.807, 2.05) is 59.0 Å². The second-order valence-corrected chi connectivity index (χ2v) is 8.59. The third kappa shape index (κ3) is 3.49. The summed E-state index contributed by atoms with van der Waals surface area (Å²) in [6.07, 6.45) is 0. The van der Waals surface area contributed by atoms with Crippen LogP contribution in [0.15, 0.2) is 24.3 Å². The van der Waals surface area contributed by atoms with Gasteiger partial charge < -0.3 is 14.2 Å². The van der Waals surface area contributed by atoms with Crippen LogP contribution < -0.4 is 10.4 Å². The minimum atomic E-state index is -2.19. The van der Waals surface area contributed by atoms with Crippen molar-refractivity contribution in [3.63, 3.8) is 0 Å². The third-order valence-corrected chi connectivity index (χ3v) is 6.26. The molecule has 1 aromatic rings. The SMILES string of the molecule is CN1CCN(c2ccc(B3OC(C)(C)C(C)(C)O3)cc2)CC1=S(=O)=O. The quantitative estimate of drug-likeness (QED) is 0.570. The smallest absolute Gasteiger partial charge is 0.399 e. The number of hydrogen-bond donors (Lipinski definition) is 0. The van der Waals surface area contributed by atoms with Crippen LogP contribution in [0.5, 0.6) is 0 Å². The molecule has 0 saturated carbocycles. The van der Waals surface area contributed by atoms with Gasteiger partial charge in [0.15, 0.2) is 0 Å². The standard InChI is InChI=1S/C17H25BN2O4S/c1-16(2)17(3,4)24-18(23-16)13-6-8-14(9-7-13)20-11-10-19(5)15(12-20)25(21)22/h6-9H,10-12H2,1-5H3. The molecule has 0 spiro atoms. The lowest BCUT2D eigenvalue weighted by Crippen LogP contribution is -2.49. The van der Waals surface area contributed by atoms with Crippen LogP contribution in [0.1, 0.15) is 27.7 Å². The summed E-state index contributed by atoms with van der Waals surface area (Å²) in [7, 11) is -0.766. The van der Waals surface area contributed by atoms with Crippen LogP contribution in [-0.2, 0) is 19.6 Å². The van der Waals surface area contributed by atoms with Gasteiger partial charge in [0.25, 0.3) is 0 Å². The van der Waals surface area contributed by atoms with E-state index in [-0.39, 0.29) is 18.3 Å². The molecular formula is C17H25BN2O4S. The molecule has 0 unspecified atom stereocenters. The van der Waals surface area contributed by atoms with Crippen molar-refractivity contribution in [2.75, 3.05) is 31.6 Å². The number of piperazine rings is 1. The zero-order valence-electron chi connectivity index (χ0n) is 15.4. The first-order valence-electron chi connectivity index (χ1n) is 8.47. The fourth-order valence-corrected chi connectivity index (χ4v) is 3.59. The Balaban J connectivity index is 1.77. The lowest BCUT2D eigenvalue weighted by Gasteiger charge is -2.34. The maximum absolute atomic E-state index is 11.4. The number of rotatable bonds is 2. The first kappa shape index (κ1) is 18.4. The van der Waals surface area contributed by atoms with E-state index < -0.39 is 10.3 Å². The van der Waals surface area contributed by atoms with Crippen LogP contribution in [0.2, 0.25) is 0 Å². The molecule has 6 nitrogen and oxygen atoms in total. The normalized spacial score (nSPS) is 23.2. The molecule has 8 heteroatoms. The summed E-state index contributed by atoms with van der Waals surface area (Å²) in [5.74, 6) is 0. The van der Waals surface area contributed by atoms with E-state index in [9.17, 15) is 8.42 Å². The topological polar surface area (TPSA) is 59.1 Å². The molecule has 2 aliphatic rings. The van der Waals surface area contributed by atoms with Gasteiger partial charge in [-0.3, -0.25) is 4.90 Å². The van der Waals surface area contributed by atoms with Gasteiger partial charge in [-0.25, -0.2) is 0 Å². The van der Waals surface area contributed by atoms with Crippen molar-refractivity contribution in [2.24, 2.45) is 0 Å². The predicted octanol–water partition coefficient (Wildman–Crippen LogP) is 0.747. The molecule has 25 heavy (non-hydrogen) atoms. The molecule has 0 radical (unpaired) electrons. The van der Waals surface area contributed by atoms with Crippen LogP contribution in [0.4, 0.5) is 5.69 Å². The van der Waals surface area contributed by atoms with E-state index in [0.717, 1.165) is 17.7 Å². The number of nitrogens with zero attached hydrogens (tertiary/aromatic N) is 2. The largest absolute Gasteiger partial charge is 0.494 e. The Kier molecular flexibility index (Phi) is 4.74. The molecule has 0 N–H and O–H groups in total. The van der Waals surface area contributed by atoms with Gasteiger partial charge in [0.05, 0.1) is 17.7 Å².